The van der Waals surface area contributed by atoms with Crippen LogP contribution >= 0.6 is 0 Å². The van der Waals surface area contributed by atoms with Crippen LogP contribution in [0.1, 0.15) is 31.2 Å². The van der Waals surface area contributed by atoms with Crippen molar-refractivity contribution >= 4 is 5.91 Å². The Bertz CT molecular complexity index is 525. The van der Waals surface area contributed by atoms with Crippen molar-refractivity contribution in [2.75, 3.05) is 26.8 Å². The summed E-state index contributed by atoms with van der Waals surface area (Å²) < 4.78 is 11.2. The second-order valence-electron chi connectivity index (χ2n) is 6.46. The minimum absolute atomic E-state index is 0.111. The van der Waals surface area contributed by atoms with E-state index in [0.29, 0.717) is 19.1 Å². The van der Waals surface area contributed by atoms with Crippen molar-refractivity contribution < 1.29 is 14.3 Å². The van der Waals surface area contributed by atoms with Crippen LogP contribution in [0.2, 0.25) is 0 Å². The molecule has 3 rings (SSSR count). The molecule has 1 aliphatic carbocycles. The maximum atomic E-state index is 12.2. The Morgan fingerprint density at radius 2 is 2.17 bits per heavy atom. The Balaban J connectivity index is 1.63. The first-order valence-electron chi connectivity index (χ1n) is 8.50. The van der Waals surface area contributed by atoms with E-state index in [2.05, 4.69) is 16.3 Å². The van der Waals surface area contributed by atoms with Gasteiger partial charge in [-0.25, -0.2) is 0 Å². The van der Waals surface area contributed by atoms with Gasteiger partial charge < -0.3 is 14.8 Å². The number of hydrogen-bond acceptors (Lipinski definition) is 4. The lowest BCUT2D eigenvalue weighted by atomic mass is 10.1. The third-order valence-electron chi connectivity index (χ3n) is 4.38. The van der Waals surface area contributed by atoms with Crippen LogP contribution in [-0.4, -0.2) is 49.8 Å². The van der Waals surface area contributed by atoms with E-state index >= 15 is 0 Å². The van der Waals surface area contributed by atoms with E-state index in [1.54, 1.807) is 7.11 Å². The molecule has 5 nitrogen and oxygen atoms in total. The third kappa shape index (κ3) is 4.94. The Hall–Kier alpha value is -1.59. The fourth-order valence-electron chi connectivity index (χ4n) is 3.04. The lowest BCUT2D eigenvalue weighted by molar-refractivity contribution is -0.122. The number of rotatable bonds is 8. The molecule has 2 fully saturated rings. The van der Waals surface area contributed by atoms with E-state index in [4.69, 9.17) is 9.47 Å². The fourth-order valence-corrected chi connectivity index (χ4v) is 3.04. The molecule has 5 heteroatoms. The SMILES string of the molecule is COc1ccccc1CN(CC(=O)NC1CC1)CC1CCCO1. The molecule has 1 aromatic rings. The summed E-state index contributed by atoms with van der Waals surface area (Å²) in [6.07, 6.45) is 4.65. The highest BCUT2D eigenvalue weighted by molar-refractivity contribution is 5.78. The van der Waals surface area contributed by atoms with Crippen molar-refractivity contribution in [2.24, 2.45) is 0 Å². The summed E-state index contributed by atoms with van der Waals surface area (Å²) in [6.45, 7) is 2.73. The summed E-state index contributed by atoms with van der Waals surface area (Å²) in [7, 11) is 1.68. The van der Waals surface area contributed by atoms with Gasteiger partial charge in [-0.3, -0.25) is 9.69 Å². The molecule has 0 aromatic heterocycles. The van der Waals surface area contributed by atoms with Crippen LogP contribution in [0, 0.1) is 0 Å². The first-order chi connectivity index (χ1) is 11.2. The number of amides is 1. The average molecular weight is 318 g/mol. The van der Waals surface area contributed by atoms with Gasteiger partial charge in [-0.2, -0.15) is 0 Å². The molecule has 1 N–H and O–H groups in total. The molecule has 1 saturated heterocycles. The number of ether oxygens (including phenoxy) is 2. The largest absolute Gasteiger partial charge is 0.496 e. The van der Waals surface area contributed by atoms with Crippen LogP contribution in [-0.2, 0) is 16.1 Å². The van der Waals surface area contributed by atoms with Gasteiger partial charge in [-0.15, -0.1) is 0 Å². The van der Waals surface area contributed by atoms with Crippen molar-refractivity contribution in [3.8, 4) is 5.75 Å². The third-order valence-corrected chi connectivity index (χ3v) is 4.38. The highest BCUT2D eigenvalue weighted by Gasteiger charge is 2.26. The average Bonchev–Trinajstić information content (AvgIpc) is 3.20. The predicted molar refractivity (Wildman–Crippen MR) is 88.4 cm³/mol. The van der Waals surface area contributed by atoms with E-state index in [1.165, 1.54) is 0 Å². The molecule has 2 aliphatic rings. The molecule has 1 atom stereocenters. The molecule has 1 heterocycles. The summed E-state index contributed by atoms with van der Waals surface area (Å²) in [4.78, 5) is 14.4. The van der Waals surface area contributed by atoms with Crippen LogP contribution in [0.3, 0.4) is 0 Å². The zero-order valence-corrected chi connectivity index (χ0v) is 13.8. The lowest BCUT2D eigenvalue weighted by Crippen LogP contribution is -2.41. The smallest absolute Gasteiger partial charge is 0.234 e. The molecular weight excluding hydrogens is 292 g/mol. The van der Waals surface area contributed by atoms with Gasteiger partial charge in [0, 0.05) is 31.3 Å². The van der Waals surface area contributed by atoms with Crippen molar-refractivity contribution in [3.05, 3.63) is 29.8 Å². The van der Waals surface area contributed by atoms with Crippen molar-refractivity contribution in [2.45, 2.75) is 44.4 Å². The van der Waals surface area contributed by atoms with E-state index in [9.17, 15) is 4.79 Å². The number of nitrogens with one attached hydrogen (secondary N) is 1. The van der Waals surface area contributed by atoms with Crippen LogP contribution in [0.4, 0.5) is 0 Å². The Morgan fingerprint density at radius 3 is 2.87 bits per heavy atom. The summed E-state index contributed by atoms with van der Waals surface area (Å²) in [6, 6.07) is 8.39. The molecule has 1 unspecified atom stereocenters. The molecule has 0 radical (unpaired) electrons. The normalized spacial score (nSPS) is 20.7. The van der Waals surface area contributed by atoms with E-state index in [-0.39, 0.29) is 12.0 Å². The first-order valence-corrected chi connectivity index (χ1v) is 8.50. The minimum atomic E-state index is 0.111. The van der Waals surface area contributed by atoms with Crippen molar-refractivity contribution in [1.82, 2.24) is 10.2 Å². The molecule has 1 amide bonds. The molecule has 23 heavy (non-hydrogen) atoms. The fraction of sp³-hybridized carbons (Fsp3) is 0.611. The molecule has 1 aliphatic heterocycles. The Labute approximate surface area is 137 Å². The maximum Gasteiger partial charge on any atom is 0.234 e. The number of nitrogens with zero attached hydrogens (tertiary/aromatic N) is 1. The van der Waals surface area contributed by atoms with E-state index < -0.39 is 0 Å². The topological polar surface area (TPSA) is 50.8 Å². The maximum absolute atomic E-state index is 12.2. The van der Waals surface area contributed by atoms with Gasteiger partial charge in [0.2, 0.25) is 5.91 Å². The molecule has 0 spiro atoms. The number of para-hydroxylation sites is 1. The molecular formula is C18H26N2O3. The quantitative estimate of drug-likeness (QED) is 0.796. The highest BCUT2D eigenvalue weighted by atomic mass is 16.5. The zero-order chi connectivity index (χ0) is 16.1. The summed E-state index contributed by atoms with van der Waals surface area (Å²) in [5.41, 5.74) is 1.10. The van der Waals surface area contributed by atoms with Crippen LogP contribution in [0.25, 0.3) is 0 Å². The molecule has 126 valence electrons. The first kappa shape index (κ1) is 16.3. The van der Waals surface area contributed by atoms with Gasteiger partial charge in [-0.05, 0) is 31.7 Å². The van der Waals surface area contributed by atoms with Crippen molar-refractivity contribution in [1.29, 1.82) is 0 Å². The van der Waals surface area contributed by atoms with Crippen LogP contribution in [0.5, 0.6) is 5.75 Å². The second-order valence-corrected chi connectivity index (χ2v) is 6.46. The highest BCUT2D eigenvalue weighted by Crippen LogP contribution is 2.22. The van der Waals surface area contributed by atoms with Gasteiger partial charge >= 0.3 is 0 Å². The van der Waals surface area contributed by atoms with Gasteiger partial charge in [0.05, 0.1) is 19.8 Å². The molecule has 1 aromatic carbocycles. The van der Waals surface area contributed by atoms with Gasteiger partial charge in [0.25, 0.3) is 0 Å². The molecule has 0 bridgehead atoms. The number of hydrogen-bond donors (Lipinski definition) is 1. The Morgan fingerprint density at radius 1 is 1.35 bits per heavy atom. The van der Waals surface area contributed by atoms with Gasteiger partial charge in [0.15, 0.2) is 0 Å². The standard InChI is InChI=1S/C18H26N2O3/c1-22-17-7-3-2-5-14(17)11-20(12-16-6-4-10-23-16)13-18(21)19-15-8-9-15/h2-3,5,7,15-16H,4,6,8-13H2,1H3,(H,19,21). The predicted octanol–water partition coefficient (Wildman–Crippen LogP) is 1.95. The van der Waals surface area contributed by atoms with Gasteiger partial charge in [-0.1, -0.05) is 18.2 Å². The number of methoxy groups -OCH3 is 1. The van der Waals surface area contributed by atoms with Crippen molar-refractivity contribution in [3.63, 3.8) is 0 Å². The Kier molecular flexibility index (Phi) is 5.51. The number of carbonyl (C=O) groups excluding carboxylic acids is 1. The van der Waals surface area contributed by atoms with E-state index in [1.807, 2.05) is 18.2 Å². The summed E-state index contributed by atoms with van der Waals surface area (Å²) >= 11 is 0. The monoisotopic (exact) mass is 318 g/mol. The molecule has 1 saturated carbocycles. The summed E-state index contributed by atoms with van der Waals surface area (Å²) in [5.74, 6) is 0.979. The van der Waals surface area contributed by atoms with Gasteiger partial charge in [0.1, 0.15) is 5.75 Å². The zero-order valence-electron chi connectivity index (χ0n) is 13.8. The lowest BCUT2D eigenvalue weighted by Gasteiger charge is -2.25. The van der Waals surface area contributed by atoms with Crippen LogP contribution < -0.4 is 10.1 Å². The summed E-state index contributed by atoms with van der Waals surface area (Å²) in [5, 5.41) is 3.07. The number of carbonyl (C=O) groups is 1. The second kappa shape index (κ2) is 7.79. The minimum Gasteiger partial charge on any atom is -0.496 e. The van der Waals surface area contributed by atoms with E-state index in [0.717, 1.165) is 50.1 Å². The van der Waals surface area contributed by atoms with Crippen LogP contribution in [0.15, 0.2) is 24.3 Å². The number of benzene rings is 1.